The van der Waals surface area contributed by atoms with Gasteiger partial charge in [0.1, 0.15) is 18.1 Å². The summed E-state index contributed by atoms with van der Waals surface area (Å²) in [6.45, 7) is 2.26. The van der Waals surface area contributed by atoms with E-state index in [0.29, 0.717) is 5.69 Å². The molecule has 1 heterocycles. The molecule has 0 atom stereocenters. The van der Waals surface area contributed by atoms with E-state index in [9.17, 15) is 4.79 Å². The van der Waals surface area contributed by atoms with Gasteiger partial charge in [0, 0.05) is 0 Å². The summed E-state index contributed by atoms with van der Waals surface area (Å²) in [5.74, 6) is -0.296. The number of pyridine rings is 1. The molecular formula is C14H13NO3. The number of carbonyl (C=O) groups is 1. The van der Waals surface area contributed by atoms with Crippen LogP contribution < -0.4 is 4.74 Å². The normalized spacial score (nSPS) is 10.1. The van der Waals surface area contributed by atoms with Crippen LogP contribution in [0.3, 0.4) is 0 Å². The number of ether oxygens (including phenoxy) is 1. The molecule has 0 fully saturated rings. The third kappa shape index (κ3) is 3.07. The average molecular weight is 243 g/mol. The Morgan fingerprint density at radius 1 is 1.22 bits per heavy atom. The standard InChI is InChI=1S/C14H13NO3/c1-10-5-7-12(8-6-10)18-9-11-3-2-4-13(15-11)14(16)17/h2-8H,9H2,1H3,(H,16,17). The summed E-state index contributed by atoms with van der Waals surface area (Å²) >= 11 is 0. The Morgan fingerprint density at radius 3 is 2.61 bits per heavy atom. The van der Waals surface area contributed by atoms with Crippen LogP contribution in [-0.2, 0) is 6.61 Å². The van der Waals surface area contributed by atoms with E-state index in [1.165, 1.54) is 6.07 Å². The Balaban J connectivity index is 2.04. The minimum atomic E-state index is -1.04. The van der Waals surface area contributed by atoms with Crippen molar-refractivity contribution < 1.29 is 14.6 Å². The van der Waals surface area contributed by atoms with Crippen molar-refractivity contribution in [1.29, 1.82) is 0 Å². The zero-order valence-corrected chi connectivity index (χ0v) is 9.96. The summed E-state index contributed by atoms with van der Waals surface area (Å²) in [7, 11) is 0. The number of carboxylic acids is 1. The highest BCUT2D eigenvalue weighted by atomic mass is 16.5. The van der Waals surface area contributed by atoms with Crippen LogP contribution in [0, 0.1) is 6.92 Å². The van der Waals surface area contributed by atoms with Crippen molar-refractivity contribution >= 4 is 5.97 Å². The van der Waals surface area contributed by atoms with Gasteiger partial charge in [0.05, 0.1) is 5.69 Å². The van der Waals surface area contributed by atoms with Crippen LogP contribution >= 0.6 is 0 Å². The first-order valence-corrected chi connectivity index (χ1v) is 5.54. The fourth-order valence-electron chi connectivity index (χ4n) is 1.47. The Morgan fingerprint density at radius 2 is 1.94 bits per heavy atom. The molecule has 0 spiro atoms. The highest BCUT2D eigenvalue weighted by molar-refractivity contribution is 5.85. The van der Waals surface area contributed by atoms with E-state index in [4.69, 9.17) is 9.84 Å². The zero-order valence-electron chi connectivity index (χ0n) is 9.96. The van der Waals surface area contributed by atoms with E-state index in [-0.39, 0.29) is 12.3 Å². The van der Waals surface area contributed by atoms with E-state index in [1.807, 2.05) is 31.2 Å². The third-order valence-electron chi connectivity index (χ3n) is 2.43. The molecule has 2 rings (SSSR count). The minimum absolute atomic E-state index is 0.0278. The topological polar surface area (TPSA) is 59.4 Å². The predicted octanol–water partition coefficient (Wildman–Crippen LogP) is 2.67. The maximum atomic E-state index is 10.8. The van der Waals surface area contributed by atoms with Gasteiger partial charge >= 0.3 is 5.97 Å². The van der Waals surface area contributed by atoms with Gasteiger partial charge < -0.3 is 9.84 Å². The number of aromatic nitrogens is 1. The van der Waals surface area contributed by atoms with Gasteiger partial charge in [0.2, 0.25) is 0 Å². The molecule has 18 heavy (non-hydrogen) atoms. The monoisotopic (exact) mass is 243 g/mol. The molecule has 0 saturated carbocycles. The molecule has 0 bridgehead atoms. The lowest BCUT2D eigenvalue weighted by Crippen LogP contribution is -2.04. The van der Waals surface area contributed by atoms with E-state index in [2.05, 4.69) is 4.98 Å². The van der Waals surface area contributed by atoms with Crippen LogP contribution in [0.15, 0.2) is 42.5 Å². The van der Waals surface area contributed by atoms with Crippen molar-refractivity contribution in [3.05, 3.63) is 59.4 Å². The van der Waals surface area contributed by atoms with E-state index in [1.54, 1.807) is 12.1 Å². The molecule has 4 nitrogen and oxygen atoms in total. The highest BCUT2D eigenvalue weighted by Gasteiger charge is 2.05. The molecule has 0 amide bonds. The largest absolute Gasteiger partial charge is 0.487 e. The van der Waals surface area contributed by atoms with Crippen LogP contribution in [0.1, 0.15) is 21.7 Å². The molecule has 0 radical (unpaired) electrons. The van der Waals surface area contributed by atoms with Crippen LogP contribution in [0.5, 0.6) is 5.75 Å². The van der Waals surface area contributed by atoms with Gasteiger partial charge in [-0.25, -0.2) is 9.78 Å². The lowest BCUT2D eigenvalue weighted by Gasteiger charge is -2.06. The molecule has 0 saturated heterocycles. The number of carboxylic acid groups (broad SMARTS) is 1. The molecule has 2 aromatic rings. The first kappa shape index (κ1) is 12.1. The molecule has 1 N–H and O–H groups in total. The van der Waals surface area contributed by atoms with E-state index >= 15 is 0 Å². The molecule has 0 unspecified atom stereocenters. The third-order valence-corrected chi connectivity index (χ3v) is 2.43. The second-order valence-electron chi connectivity index (χ2n) is 3.92. The van der Waals surface area contributed by atoms with Crippen molar-refractivity contribution in [2.75, 3.05) is 0 Å². The van der Waals surface area contributed by atoms with Gasteiger partial charge in [0.15, 0.2) is 0 Å². The maximum Gasteiger partial charge on any atom is 0.354 e. The number of benzene rings is 1. The smallest absolute Gasteiger partial charge is 0.354 e. The van der Waals surface area contributed by atoms with Gasteiger partial charge in [-0.15, -0.1) is 0 Å². The first-order chi connectivity index (χ1) is 8.65. The summed E-state index contributed by atoms with van der Waals surface area (Å²) in [5, 5.41) is 8.82. The van der Waals surface area contributed by atoms with Gasteiger partial charge in [-0.3, -0.25) is 0 Å². The van der Waals surface area contributed by atoms with Crippen molar-refractivity contribution in [2.45, 2.75) is 13.5 Å². The number of aryl methyl sites for hydroxylation is 1. The Hall–Kier alpha value is -2.36. The Labute approximate surface area is 105 Å². The first-order valence-electron chi connectivity index (χ1n) is 5.54. The SMILES string of the molecule is Cc1ccc(OCc2cccc(C(=O)O)n2)cc1. The molecule has 92 valence electrons. The summed E-state index contributed by atoms with van der Waals surface area (Å²) in [6.07, 6.45) is 0. The highest BCUT2D eigenvalue weighted by Crippen LogP contribution is 2.13. The van der Waals surface area contributed by atoms with Gasteiger partial charge in [-0.2, -0.15) is 0 Å². The van der Waals surface area contributed by atoms with Gasteiger partial charge in [-0.05, 0) is 31.2 Å². The fraction of sp³-hybridized carbons (Fsp3) is 0.143. The molecule has 0 aliphatic carbocycles. The molecule has 0 aliphatic heterocycles. The number of nitrogens with zero attached hydrogens (tertiary/aromatic N) is 1. The molecule has 0 aliphatic rings. The van der Waals surface area contributed by atoms with Crippen LogP contribution in [-0.4, -0.2) is 16.1 Å². The van der Waals surface area contributed by atoms with E-state index in [0.717, 1.165) is 11.3 Å². The fourth-order valence-corrected chi connectivity index (χ4v) is 1.47. The predicted molar refractivity (Wildman–Crippen MR) is 66.7 cm³/mol. The number of aromatic carboxylic acids is 1. The minimum Gasteiger partial charge on any atom is -0.487 e. The number of hydrogen-bond donors (Lipinski definition) is 1. The second-order valence-corrected chi connectivity index (χ2v) is 3.92. The summed E-state index contributed by atoms with van der Waals surface area (Å²) < 4.78 is 5.53. The second kappa shape index (κ2) is 5.31. The summed E-state index contributed by atoms with van der Waals surface area (Å²) in [6, 6.07) is 12.5. The van der Waals surface area contributed by atoms with Crippen LogP contribution in [0.2, 0.25) is 0 Å². The molecule has 1 aromatic carbocycles. The van der Waals surface area contributed by atoms with Crippen molar-refractivity contribution in [1.82, 2.24) is 4.98 Å². The average Bonchev–Trinajstić information content (AvgIpc) is 2.38. The van der Waals surface area contributed by atoms with Crippen LogP contribution in [0.4, 0.5) is 0 Å². The van der Waals surface area contributed by atoms with Crippen molar-refractivity contribution in [3.63, 3.8) is 0 Å². The summed E-state index contributed by atoms with van der Waals surface area (Å²) in [5.41, 5.74) is 1.78. The zero-order chi connectivity index (χ0) is 13.0. The molecule has 1 aromatic heterocycles. The Kier molecular flexibility index (Phi) is 3.57. The maximum absolute atomic E-state index is 10.8. The Bertz CT molecular complexity index is 549. The summed E-state index contributed by atoms with van der Waals surface area (Å²) in [4.78, 5) is 14.7. The number of rotatable bonds is 4. The lowest BCUT2D eigenvalue weighted by molar-refractivity contribution is 0.0690. The lowest BCUT2D eigenvalue weighted by atomic mass is 10.2. The van der Waals surface area contributed by atoms with Crippen molar-refractivity contribution in [3.8, 4) is 5.75 Å². The van der Waals surface area contributed by atoms with Crippen molar-refractivity contribution in [2.24, 2.45) is 0 Å². The molecular weight excluding hydrogens is 230 g/mol. The number of hydrogen-bond acceptors (Lipinski definition) is 3. The molecule has 4 heteroatoms. The quantitative estimate of drug-likeness (QED) is 0.896. The van der Waals surface area contributed by atoms with Gasteiger partial charge in [0.25, 0.3) is 0 Å². The van der Waals surface area contributed by atoms with Gasteiger partial charge in [-0.1, -0.05) is 23.8 Å². The van der Waals surface area contributed by atoms with Crippen LogP contribution in [0.25, 0.3) is 0 Å². The van der Waals surface area contributed by atoms with E-state index < -0.39 is 5.97 Å².